The highest BCUT2D eigenvalue weighted by Crippen LogP contribution is 2.19. The number of carbonyl (C=O) groups excluding carboxylic acids is 1. The first-order valence-electron chi connectivity index (χ1n) is 7.46. The van der Waals surface area contributed by atoms with Crippen molar-refractivity contribution in [3.63, 3.8) is 0 Å². The standard InChI is InChI=1S/C16H23NO3S/c1-12-6-5-7-14(10-12)11-21(19,20)13(2)16(18)17-15-8-3-4-9-15/h5-7,10,13,15H,3-4,8-9,11H2,1-2H3,(H,17,18). The minimum Gasteiger partial charge on any atom is -0.352 e. The van der Waals surface area contributed by atoms with E-state index in [0.717, 1.165) is 36.8 Å². The summed E-state index contributed by atoms with van der Waals surface area (Å²) in [6, 6.07) is 7.54. The van der Waals surface area contributed by atoms with Crippen molar-refractivity contribution in [2.45, 2.75) is 56.6 Å². The van der Waals surface area contributed by atoms with Gasteiger partial charge < -0.3 is 5.32 Å². The van der Waals surface area contributed by atoms with Crippen molar-refractivity contribution < 1.29 is 13.2 Å². The Morgan fingerprint density at radius 2 is 2.00 bits per heavy atom. The predicted octanol–water partition coefficient (Wildman–Crippen LogP) is 2.36. The molecule has 1 aliphatic carbocycles. The van der Waals surface area contributed by atoms with Gasteiger partial charge in [0, 0.05) is 6.04 Å². The lowest BCUT2D eigenvalue weighted by atomic mass is 10.2. The molecule has 1 aromatic carbocycles. The molecule has 0 radical (unpaired) electrons. The van der Waals surface area contributed by atoms with E-state index < -0.39 is 15.1 Å². The van der Waals surface area contributed by atoms with Gasteiger partial charge in [-0.25, -0.2) is 8.42 Å². The van der Waals surface area contributed by atoms with Crippen LogP contribution in [0.5, 0.6) is 0 Å². The van der Waals surface area contributed by atoms with E-state index >= 15 is 0 Å². The number of hydrogen-bond acceptors (Lipinski definition) is 3. The highest BCUT2D eigenvalue weighted by molar-refractivity contribution is 7.92. The summed E-state index contributed by atoms with van der Waals surface area (Å²) in [4.78, 5) is 12.1. The number of carbonyl (C=O) groups is 1. The molecule has 0 bridgehead atoms. The van der Waals surface area contributed by atoms with Crippen LogP contribution >= 0.6 is 0 Å². The van der Waals surface area contributed by atoms with E-state index in [1.54, 1.807) is 6.07 Å². The molecule has 1 unspecified atom stereocenters. The number of hydrogen-bond donors (Lipinski definition) is 1. The summed E-state index contributed by atoms with van der Waals surface area (Å²) in [7, 11) is -3.48. The first-order chi connectivity index (χ1) is 9.88. The lowest BCUT2D eigenvalue weighted by Gasteiger charge is -2.17. The van der Waals surface area contributed by atoms with E-state index in [1.807, 2.05) is 25.1 Å². The summed E-state index contributed by atoms with van der Waals surface area (Å²) < 4.78 is 24.7. The fraction of sp³-hybridized carbons (Fsp3) is 0.562. The summed E-state index contributed by atoms with van der Waals surface area (Å²) in [6.45, 7) is 3.40. The van der Waals surface area contributed by atoms with Gasteiger partial charge in [0.15, 0.2) is 9.84 Å². The predicted molar refractivity (Wildman–Crippen MR) is 83.7 cm³/mol. The van der Waals surface area contributed by atoms with E-state index in [2.05, 4.69) is 5.32 Å². The highest BCUT2D eigenvalue weighted by atomic mass is 32.2. The molecule has 1 fully saturated rings. The molecule has 1 aromatic rings. The second-order valence-corrected chi connectivity index (χ2v) is 8.25. The van der Waals surface area contributed by atoms with Crippen LogP contribution in [-0.2, 0) is 20.4 Å². The number of aryl methyl sites for hydroxylation is 1. The molecule has 116 valence electrons. The maximum absolute atomic E-state index is 12.4. The lowest BCUT2D eigenvalue weighted by molar-refractivity contribution is -0.121. The largest absolute Gasteiger partial charge is 0.352 e. The molecule has 0 heterocycles. The van der Waals surface area contributed by atoms with E-state index in [1.165, 1.54) is 6.92 Å². The van der Waals surface area contributed by atoms with Gasteiger partial charge in [-0.2, -0.15) is 0 Å². The topological polar surface area (TPSA) is 63.2 Å². The Kier molecular flexibility index (Phi) is 5.04. The zero-order valence-corrected chi connectivity index (χ0v) is 13.4. The maximum atomic E-state index is 12.4. The molecule has 0 saturated heterocycles. The molecule has 5 heteroatoms. The van der Waals surface area contributed by atoms with Crippen molar-refractivity contribution in [1.29, 1.82) is 0 Å². The monoisotopic (exact) mass is 309 g/mol. The molecule has 1 amide bonds. The summed E-state index contributed by atoms with van der Waals surface area (Å²) in [6.07, 6.45) is 4.12. The Bertz CT molecular complexity index is 604. The van der Waals surface area contributed by atoms with Crippen molar-refractivity contribution in [2.24, 2.45) is 0 Å². The quantitative estimate of drug-likeness (QED) is 0.908. The number of amides is 1. The molecule has 2 rings (SSSR count). The Hall–Kier alpha value is -1.36. The van der Waals surface area contributed by atoms with Crippen molar-refractivity contribution in [3.8, 4) is 0 Å². The van der Waals surface area contributed by atoms with Gasteiger partial charge in [0.2, 0.25) is 5.91 Å². The zero-order chi connectivity index (χ0) is 15.5. The average Bonchev–Trinajstić information content (AvgIpc) is 2.90. The van der Waals surface area contributed by atoms with Gasteiger partial charge in [0.05, 0.1) is 5.75 Å². The van der Waals surface area contributed by atoms with E-state index in [4.69, 9.17) is 0 Å². The van der Waals surface area contributed by atoms with Crippen molar-refractivity contribution in [3.05, 3.63) is 35.4 Å². The van der Waals surface area contributed by atoms with Crippen LogP contribution < -0.4 is 5.32 Å². The van der Waals surface area contributed by atoms with Crippen LogP contribution in [0, 0.1) is 6.92 Å². The van der Waals surface area contributed by atoms with Gasteiger partial charge >= 0.3 is 0 Å². The second-order valence-electron chi connectivity index (χ2n) is 5.93. The first kappa shape index (κ1) is 16.0. The Morgan fingerprint density at radius 3 is 2.62 bits per heavy atom. The molecule has 21 heavy (non-hydrogen) atoms. The number of rotatable bonds is 5. The molecule has 0 spiro atoms. The van der Waals surface area contributed by atoms with Gasteiger partial charge in [0.1, 0.15) is 5.25 Å². The van der Waals surface area contributed by atoms with E-state index in [9.17, 15) is 13.2 Å². The molecular formula is C16H23NO3S. The number of nitrogens with one attached hydrogen (secondary N) is 1. The third-order valence-corrected chi connectivity index (χ3v) is 6.09. The molecule has 0 aromatic heterocycles. The maximum Gasteiger partial charge on any atom is 0.238 e. The summed E-state index contributed by atoms with van der Waals surface area (Å²) in [5.41, 5.74) is 1.75. The van der Waals surface area contributed by atoms with Crippen LogP contribution in [-0.4, -0.2) is 25.6 Å². The molecule has 4 nitrogen and oxygen atoms in total. The normalized spacial score (nSPS) is 17.6. The van der Waals surface area contributed by atoms with Crippen LogP contribution in [0.15, 0.2) is 24.3 Å². The molecule has 1 atom stereocenters. The van der Waals surface area contributed by atoms with Gasteiger partial charge in [0.25, 0.3) is 0 Å². The van der Waals surface area contributed by atoms with Gasteiger partial charge in [-0.3, -0.25) is 4.79 Å². The zero-order valence-electron chi connectivity index (χ0n) is 12.6. The molecule has 1 aliphatic rings. The first-order valence-corrected chi connectivity index (χ1v) is 9.17. The Morgan fingerprint density at radius 1 is 1.33 bits per heavy atom. The third kappa shape index (κ3) is 4.30. The average molecular weight is 309 g/mol. The van der Waals surface area contributed by atoms with Gasteiger partial charge in [-0.05, 0) is 32.3 Å². The summed E-state index contributed by atoms with van der Waals surface area (Å²) in [5.74, 6) is -0.456. The highest BCUT2D eigenvalue weighted by Gasteiger charge is 2.30. The van der Waals surface area contributed by atoms with Crippen LogP contribution in [0.3, 0.4) is 0 Å². The van der Waals surface area contributed by atoms with Crippen molar-refractivity contribution in [1.82, 2.24) is 5.32 Å². The lowest BCUT2D eigenvalue weighted by Crippen LogP contribution is -2.42. The van der Waals surface area contributed by atoms with Gasteiger partial charge in [-0.15, -0.1) is 0 Å². The minimum atomic E-state index is -3.48. The molecule has 1 N–H and O–H groups in total. The molecule has 0 aliphatic heterocycles. The second kappa shape index (κ2) is 6.60. The number of benzene rings is 1. The van der Waals surface area contributed by atoms with Crippen LogP contribution in [0.4, 0.5) is 0 Å². The summed E-state index contributed by atoms with van der Waals surface area (Å²) in [5, 5.41) is 1.86. The minimum absolute atomic E-state index is 0.0894. The van der Waals surface area contributed by atoms with E-state index in [-0.39, 0.29) is 17.7 Å². The van der Waals surface area contributed by atoms with Crippen molar-refractivity contribution >= 4 is 15.7 Å². The Labute approximate surface area is 126 Å². The summed E-state index contributed by atoms with van der Waals surface area (Å²) >= 11 is 0. The SMILES string of the molecule is Cc1cccc(CS(=O)(=O)C(C)C(=O)NC2CCCC2)c1. The number of sulfone groups is 1. The van der Waals surface area contributed by atoms with Crippen LogP contribution in [0.1, 0.15) is 43.7 Å². The fourth-order valence-corrected chi connectivity index (χ4v) is 4.00. The van der Waals surface area contributed by atoms with Crippen LogP contribution in [0.2, 0.25) is 0 Å². The van der Waals surface area contributed by atoms with Crippen molar-refractivity contribution in [2.75, 3.05) is 0 Å². The van der Waals surface area contributed by atoms with Gasteiger partial charge in [-0.1, -0.05) is 42.7 Å². The molecule has 1 saturated carbocycles. The smallest absolute Gasteiger partial charge is 0.238 e. The Balaban J connectivity index is 2.02. The molecular weight excluding hydrogens is 286 g/mol. The van der Waals surface area contributed by atoms with E-state index in [0.29, 0.717) is 0 Å². The third-order valence-electron chi connectivity index (χ3n) is 4.06. The fourth-order valence-electron chi connectivity index (χ4n) is 2.71. The van der Waals surface area contributed by atoms with Crippen LogP contribution in [0.25, 0.3) is 0 Å².